The number of aliphatic hydroxyl groups excluding tert-OH is 17. The lowest BCUT2D eigenvalue weighted by atomic mass is 9.41. The molecule has 0 aromatic heterocycles. The van der Waals surface area contributed by atoms with E-state index in [9.17, 15) is 91.6 Å². The second-order valence-corrected chi connectivity index (χ2v) is 23.6. The standard InChI is InChI=1S/C50H80O28/c1-18-11-49-9-5-24-47(2,7-4-8-48(24,3)46(68)77-44-37(67)38(29(59)22(15-54)72-44)74-41-34(64)31(61)26(56)19(12-51)69-41)25(49)6-10-50(18,17-49)78-45-40(76-43-36(66)33(63)28(58)21(14-53)71-43)39(30(60)23(16-55)73-45)75-42-35(65)32(62)27(57)20(13-52)70-42/h19-45,51-67H,1,4-17H2,2-3H3/t19-,20-,21+,22-,23-,24+,25+,26-,27-,28+,29-,30-,31+,32+,33-,34-,35-,36+,37-,38+,39+,40-,41+,42+,43-,44+,45+,47-,48-,49-,50+/m1/s1. The summed E-state index contributed by atoms with van der Waals surface area (Å²) in [6, 6.07) is 0. The van der Waals surface area contributed by atoms with Gasteiger partial charge in [0.2, 0.25) is 6.29 Å². The molecule has 4 saturated carbocycles. The minimum atomic E-state index is -1.99. The van der Waals surface area contributed by atoms with Crippen molar-refractivity contribution < 1.29 is 139 Å². The van der Waals surface area contributed by atoms with E-state index >= 15 is 0 Å². The zero-order chi connectivity index (χ0) is 56.7. The maximum Gasteiger partial charge on any atom is 0.314 e. The number of hydrogen-bond donors (Lipinski definition) is 17. The highest BCUT2D eigenvalue weighted by atomic mass is 16.8. The average molecular weight is 1130 g/mol. The highest BCUT2D eigenvalue weighted by Crippen LogP contribution is 2.74. The molecule has 0 aromatic carbocycles. The third-order valence-electron chi connectivity index (χ3n) is 19.2. The van der Waals surface area contributed by atoms with Gasteiger partial charge in [0.05, 0.1) is 44.1 Å². The van der Waals surface area contributed by atoms with Crippen LogP contribution in [-0.2, 0) is 52.2 Å². The van der Waals surface area contributed by atoms with Gasteiger partial charge in [0.1, 0.15) is 122 Å². The summed E-state index contributed by atoms with van der Waals surface area (Å²) in [5, 5.41) is 181. The van der Waals surface area contributed by atoms with Gasteiger partial charge in [-0.15, -0.1) is 0 Å². The predicted octanol–water partition coefficient (Wildman–Crippen LogP) is -7.29. The molecule has 5 saturated heterocycles. The molecule has 5 heterocycles. The van der Waals surface area contributed by atoms with E-state index in [-0.39, 0.29) is 11.8 Å². The first kappa shape index (κ1) is 60.8. The first-order chi connectivity index (χ1) is 36.9. The van der Waals surface area contributed by atoms with E-state index in [1.165, 1.54) is 0 Å². The van der Waals surface area contributed by atoms with Crippen molar-refractivity contribution >= 4 is 5.97 Å². The summed E-state index contributed by atoms with van der Waals surface area (Å²) in [7, 11) is 0. The van der Waals surface area contributed by atoms with E-state index in [0.29, 0.717) is 63.4 Å². The van der Waals surface area contributed by atoms with Gasteiger partial charge in [0.15, 0.2) is 25.2 Å². The SMILES string of the molecule is C=C1C[C@@]23CC[C@H]4[C@@](C)(CCC[C@@]4(C)C(=O)O[C@@H]4O[C@H](CO)[C@@H](O)[C@H](O[C@@H]5O[C@H](CO)[C@@H](O)[C@H](O)[C@H]5O)[C@H]4O)[C@@H]2CC[C@]1(O[C@@H]1O[C@H](CO)[C@@H](O)[C@H](O[C@@H]2O[C@H](CO)[C@@H](O)[C@H](O)[C@H]2O)[C@H]1O[C@H]1O[C@@H](CO)[C@H](O)[C@@H](O)[C@@H]1O)C3. The Hall–Kier alpha value is -1.83. The van der Waals surface area contributed by atoms with Crippen LogP contribution in [0.5, 0.6) is 0 Å². The van der Waals surface area contributed by atoms with Gasteiger partial charge in [-0.3, -0.25) is 4.79 Å². The van der Waals surface area contributed by atoms with Gasteiger partial charge in [-0.2, -0.15) is 0 Å². The van der Waals surface area contributed by atoms with E-state index in [1.54, 1.807) is 6.92 Å². The second-order valence-electron chi connectivity index (χ2n) is 23.6. The first-order valence-electron chi connectivity index (χ1n) is 26.9. The number of rotatable bonds is 15. The fourth-order valence-corrected chi connectivity index (χ4v) is 15.0. The van der Waals surface area contributed by atoms with Crippen molar-refractivity contribution in [3.8, 4) is 0 Å². The van der Waals surface area contributed by atoms with E-state index in [0.717, 1.165) is 0 Å². The van der Waals surface area contributed by atoms with E-state index < -0.39 is 214 Å². The van der Waals surface area contributed by atoms with Crippen molar-refractivity contribution in [1.29, 1.82) is 0 Å². The smallest absolute Gasteiger partial charge is 0.314 e. The third-order valence-corrected chi connectivity index (χ3v) is 19.2. The molecule has 5 aliphatic heterocycles. The molecule has 78 heavy (non-hydrogen) atoms. The Morgan fingerprint density at radius 3 is 1.41 bits per heavy atom. The molecule has 17 N–H and O–H groups in total. The van der Waals surface area contributed by atoms with Crippen LogP contribution < -0.4 is 0 Å². The molecule has 0 aromatic rings. The van der Waals surface area contributed by atoms with Crippen LogP contribution in [0, 0.1) is 28.1 Å². The van der Waals surface area contributed by atoms with Gasteiger partial charge in [0.25, 0.3) is 0 Å². The zero-order valence-electron chi connectivity index (χ0n) is 43.3. The fourth-order valence-electron chi connectivity index (χ4n) is 15.0. The molecule has 9 fully saturated rings. The monoisotopic (exact) mass is 1130 g/mol. The second kappa shape index (κ2) is 23.3. The maximum absolute atomic E-state index is 14.8. The number of ether oxygens (including phenoxy) is 10. The Morgan fingerprint density at radius 2 is 0.910 bits per heavy atom. The van der Waals surface area contributed by atoms with Crippen LogP contribution in [0.3, 0.4) is 0 Å². The summed E-state index contributed by atoms with van der Waals surface area (Å²) in [4.78, 5) is 14.8. The molecule has 9 aliphatic rings. The summed E-state index contributed by atoms with van der Waals surface area (Å²) in [6.07, 6.45) is -39.7. The van der Waals surface area contributed by atoms with Crippen molar-refractivity contribution in [3.05, 3.63) is 12.2 Å². The largest absolute Gasteiger partial charge is 0.432 e. The molecule has 1 spiro atoms. The van der Waals surface area contributed by atoms with Crippen LogP contribution in [0.4, 0.5) is 0 Å². The van der Waals surface area contributed by atoms with Crippen LogP contribution in [0.15, 0.2) is 12.2 Å². The number of aliphatic hydroxyl groups is 17. The third kappa shape index (κ3) is 10.3. The average Bonchev–Trinajstić information content (AvgIpc) is 3.79. The minimum absolute atomic E-state index is 0.0587. The van der Waals surface area contributed by atoms with Crippen LogP contribution in [0.25, 0.3) is 0 Å². The highest BCUT2D eigenvalue weighted by Gasteiger charge is 2.70. The fraction of sp³-hybridized carbons (Fsp3) is 0.940. The van der Waals surface area contributed by atoms with Gasteiger partial charge in [-0.05, 0) is 86.5 Å². The number of carbonyl (C=O) groups is 1. The summed E-state index contributed by atoms with van der Waals surface area (Å²) < 4.78 is 59.9. The Bertz CT molecular complexity index is 2070. The summed E-state index contributed by atoms with van der Waals surface area (Å²) in [6.45, 7) is 4.32. The van der Waals surface area contributed by atoms with E-state index in [2.05, 4.69) is 13.5 Å². The lowest BCUT2D eigenvalue weighted by molar-refractivity contribution is -0.400. The van der Waals surface area contributed by atoms with Gasteiger partial charge in [-0.25, -0.2) is 0 Å². The van der Waals surface area contributed by atoms with Crippen LogP contribution >= 0.6 is 0 Å². The molecule has 448 valence electrons. The van der Waals surface area contributed by atoms with Gasteiger partial charge >= 0.3 is 5.97 Å². The highest BCUT2D eigenvalue weighted by molar-refractivity contribution is 5.77. The molecule has 0 amide bonds. The topological polar surface area (TPSA) is 453 Å². The van der Waals surface area contributed by atoms with Crippen LogP contribution in [0.2, 0.25) is 0 Å². The maximum atomic E-state index is 14.8. The number of carbonyl (C=O) groups excluding carboxylic acids is 1. The molecule has 0 radical (unpaired) electrons. The van der Waals surface area contributed by atoms with E-state index in [4.69, 9.17) is 47.4 Å². The number of esters is 1. The van der Waals surface area contributed by atoms with Crippen molar-refractivity contribution in [2.45, 2.75) is 231 Å². The Balaban J connectivity index is 0.951. The van der Waals surface area contributed by atoms with Crippen LogP contribution in [-0.4, -0.2) is 285 Å². The lowest BCUT2D eigenvalue weighted by Gasteiger charge is -2.64. The van der Waals surface area contributed by atoms with E-state index in [1.807, 2.05) is 0 Å². The molecule has 0 unspecified atom stereocenters. The molecule has 4 aliphatic carbocycles. The molecular formula is C50H80O28. The van der Waals surface area contributed by atoms with Gasteiger partial charge in [0, 0.05) is 0 Å². The Morgan fingerprint density at radius 1 is 0.487 bits per heavy atom. The summed E-state index contributed by atoms with van der Waals surface area (Å²) >= 11 is 0. The number of hydrogen-bond acceptors (Lipinski definition) is 28. The van der Waals surface area contributed by atoms with Crippen molar-refractivity contribution in [2.24, 2.45) is 28.1 Å². The molecule has 2 bridgehead atoms. The van der Waals surface area contributed by atoms with Crippen LogP contribution in [0.1, 0.15) is 71.6 Å². The molecular weight excluding hydrogens is 1050 g/mol. The molecule has 28 nitrogen and oxygen atoms in total. The molecule has 28 heteroatoms. The lowest BCUT2D eigenvalue weighted by Crippen LogP contribution is -2.68. The van der Waals surface area contributed by atoms with Gasteiger partial charge < -0.3 is 134 Å². The summed E-state index contributed by atoms with van der Waals surface area (Å²) in [5.41, 5.74) is -2.75. The quantitative estimate of drug-likeness (QED) is 0.0411. The Labute approximate surface area is 448 Å². The van der Waals surface area contributed by atoms with Crippen molar-refractivity contribution in [3.63, 3.8) is 0 Å². The Kier molecular flexibility index (Phi) is 18.2. The number of fused-ring (bicyclic) bond motifs is 3. The zero-order valence-corrected chi connectivity index (χ0v) is 43.3. The molecule has 31 atom stereocenters. The molecule has 9 rings (SSSR count). The summed E-state index contributed by atoms with van der Waals surface area (Å²) in [5.74, 6) is -1.10. The predicted molar refractivity (Wildman–Crippen MR) is 252 cm³/mol. The first-order valence-corrected chi connectivity index (χ1v) is 26.9. The van der Waals surface area contributed by atoms with Crippen molar-refractivity contribution in [1.82, 2.24) is 0 Å². The minimum Gasteiger partial charge on any atom is -0.432 e. The van der Waals surface area contributed by atoms with Crippen molar-refractivity contribution in [2.75, 3.05) is 33.0 Å². The normalized spacial score (nSPS) is 54.5. The van der Waals surface area contributed by atoms with Gasteiger partial charge in [-0.1, -0.05) is 19.9 Å².